The van der Waals surface area contributed by atoms with E-state index in [1.54, 1.807) is 29.2 Å². The third-order valence-electron chi connectivity index (χ3n) is 4.20. The molecule has 0 bridgehead atoms. The van der Waals surface area contributed by atoms with Crippen LogP contribution in [0.2, 0.25) is 0 Å². The highest BCUT2D eigenvalue weighted by Gasteiger charge is 2.27. The topological polar surface area (TPSA) is 111 Å². The van der Waals surface area contributed by atoms with Crippen molar-refractivity contribution in [1.82, 2.24) is 14.9 Å². The summed E-state index contributed by atoms with van der Waals surface area (Å²) in [4.78, 5) is 33.0. The summed E-state index contributed by atoms with van der Waals surface area (Å²) in [5.74, 6) is 0.536. The zero-order valence-electron chi connectivity index (χ0n) is 16.4. The number of nitrogens with zero attached hydrogens (tertiary/aromatic N) is 2. The molecule has 0 spiro atoms. The largest absolute Gasteiger partial charge is 0.465 e. The number of benzene rings is 1. The molecule has 0 radical (unpaired) electrons. The SMILES string of the molecule is COC(=O)c1ccc(-c2nc(N)c(C3=CCN(C(=O)OC(C)(C)C)C3)[nH]2)cc1. The summed E-state index contributed by atoms with van der Waals surface area (Å²) in [7, 11) is 1.34. The molecule has 0 fully saturated rings. The fourth-order valence-electron chi connectivity index (χ4n) is 2.85. The Morgan fingerprint density at radius 1 is 1.21 bits per heavy atom. The summed E-state index contributed by atoms with van der Waals surface area (Å²) in [6.45, 7) is 6.34. The standard InChI is InChI=1S/C20H24N4O4/c1-20(2,3)28-19(26)24-10-9-14(11-24)15-16(21)23-17(22-15)12-5-7-13(8-6-12)18(25)27-4/h5-9H,10-11,21H2,1-4H3,(H,22,23). The van der Waals surface area contributed by atoms with Crippen LogP contribution >= 0.6 is 0 Å². The van der Waals surface area contributed by atoms with Gasteiger partial charge in [-0.25, -0.2) is 14.6 Å². The van der Waals surface area contributed by atoms with Crippen molar-refractivity contribution in [2.75, 3.05) is 25.9 Å². The number of amides is 1. The Balaban J connectivity index is 1.74. The normalized spacial score (nSPS) is 14.0. The van der Waals surface area contributed by atoms with Gasteiger partial charge in [0.25, 0.3) is 0 Å². The van der Waals surface area contributed by atoms with Crippen LogP contribution in [0.5, 0.6) is 0 Å². The van der Waals surface area contributed by atoms with E-state index in [0.29, 0.717) is 36.0 Å². The maximum absolute atomic E-state index is 12.2. The van der Waals surface area contributed by atoms with Gasteiger partial charge in [0.15, 0.2) is 0 Å². The molecule has 1 aliphatic heterocycles. The first-order valence-electron chi connectivity index (χ1n) is 8.89. The molecule has 1 amide bonds. The number of hydrogen-bond acceptors (Lipinski definition) is 6. The molecular weight excluding hydrogens is 360 g/mol. The zero-order valence-corrected chi connectivity index (χ0v) is 16.4. The molecule has 1 aromatic carbocycles. The molecule has 0 saturated carbocycles. The van der Waals surface area contributed by atoms with Gasteiger partial charge in [0, 0.05) is 12.1 Å². The van der Waals surface area contributed by atoms with Crippen molar-refractivity contribution in [1.29, 1.82) is 0 Å². The second-order valence-electron chi connectivity index (χ2n) is 7.50. The zero-order chi connectivity index (χ0) is 20.5. The summed E-state index contributed by atoms with van der Waals surface area (Å²) in [5.41, 5.74) is 8.35. The average Bonchev–Trinajstić information content (AvgIpc) is 3.26. The van der Waals surface area contributed by atoms with Crippen molar-refractivity contribution >= 4 is 23.5 Å². The number of rotatable bonds is 3. The van der Waals surface area contributed by atoms with E-state index in [4.69, 9.17) is 15.2 Å². The van der Waals surface area contributed by atoms with Crippen LogP contribution in [0.1, 0.15) is 36.8 Å². The van der Waals surface area contributed by atoms with E-state index >= 15 is 0 Å². The Hall–Kier alpha value is -3.29. The third kappa shape index (κ3) is 4.16. The van der Waals surface area contributed by atoms with Gasteiger partial charge in [-0.3, -0.25) is 0 Å². The number of nitrogens with two attached hydrogens (primary N) is 1. The molecule has 0 unspecified atom stereocenters. The van der Waals surface area contributed by atoms with Gasteiger partial charge in [0.2, 0.25) is 0 Å². The van der Waals surface area contributed by atoms with Gasteiger partial charge < -0.3 is 25.1 Å². The minimum absolute atomic E-state index is 0.351. The van der Waals surface area contributed by atoms with E-state index in [0.717, 1.165) is 11.1 Å². The molecule has 3 N–H and O–H groups in total. The van der Waals surface area contributed by atoms with Crippen LogP contribution in [-0.4, -0.2) is 52.7 Å². The summed E-state index contributed by atoms with van der Waals surface area (Å²) in [6.07, 6.45) is 1.56. The number of nitrogens with one attached hydrogen (secondary N) is 1. The highest BCUT2D eigenvalue weighted by Crippen LogP contribution is 2.28. The van der Waals surface area contributed by atoms with E-state index < -0.39 is 11.6 Å². The van der Waals surface area contributed by atoms with Crippen LogP contribution < -0.4 is 5.73 Å². The first-order chi connectivity index (χ1) is 13.2. The molecule has 8 nitrogen and oxygen atoms in total. The van der Waals surface area contributed by atoms with E-state index in [2.05, 4.69) is 9.97 Å². The van der Waals surface area contributed by atoms with E-state index in [1.165, 1.54) is 7.11 Å². The van der Waals surface area contributed by atoms with Crippen LogP contribution in [0.3, 0.4) is 0 Å². The molecule has 0 aliphatic carbocycles. The highest BCUT2D eigenvalue weighted by atomic mass is 16.6. The Kier molecular flexibility index (Phi) is 5.13. The Bertz CT molecular complexity index is 923. The molecule has 0 saturated heterocycles. The Morgan fingerprint density at radius 2 is 1.89 bits per heavy atom. The van der Waals surface area contributed by atoms with Gasteiger partial charge >= 0.3 is 12.1 Å². The number of nitrogen functional groups attached to an aromatic ring is 1. The van der Waals surface area contributed by atoms with Gasteiger partial charge in [-0.05, 0) is 38.5 Å². The van der Waals surface area contributed by atoms with Crippen molar-refractivity contribution in [2.45, 2.75) is 26.4 Å². The Morgan fingerprint density at radius 3 is 2.50 bits per heavy atom. The molecule has 8 heteroatoms. The number of carbonyl (C=O) groups excluding carboxylic acids is 2. The fourth-order valence-corrected chi connectivity index (χ4v) is 2.85. The lowest BCUT2D eigenvalue weighted by Gasteiger charge is -2.24. The van der Waals surface area contributed by atoms with Crippen molar-refractivity contribution < 1.29 is 19.1 Å². The predicted molar refractivity (Wildman–Crippen MR) is 106 cm³/mol. The lowest BCUT2D eigenvalue weighted by Crippen LogP contribution is -2.35. The number of carbonyl (C=O) groups is 2. The summed E-state index contributed by atoms with van der Waals surface area (Å²) < 4.78 is 10.1. The average molecular weight is 384 g/mol. The van der Waals surface area contributed by atoms with Crippen molar-refractivity contribution in [3.05, 3.63) is 41.6 Å². The molecular formula is C20H24N4O4. The van der Waals surface area contributed by atoms with Crippen LogP contribution in [0, 0.1) is 0 Å². The maximum atomic E-state index is 12.2. The quantitative estimate of drug-likeness (QED) is 0.787. The van der Waals surface area contributed by atoms with Crippen molar-refractivity contribution in [3.63, 3.8) is 0 Å². The van der Waals surface area contributed by atoms with Gasteiger partial charge in [0.1, 0.15) is 17.2 Å². The molecule has 1 aromatic heterocycles. The van der Waals surface area contributed by atoms with Gasteiger partial charge in [-0.15, -0.1) is 0 Å². The molecule has 0 atom stereocenters. The van der Waals surface area contributed by atoms with Crippen LogP contribution in [0.4, 0.5) is 10.6 Å². The minimum Gasteiger partial charge on any atom is -0.465 e. The number of hydrogen-bond donors (Lipinski definition) is 2. The third-order valence-corrected chi connectivity index (χ3v) is 4.20. The smallest absolute Gasteiger partial charge is 0.410 e. The number of aromatic nitrogens is 2. The number of ether oxygens (including phenoxy) is 2. The molecule has 3 rings (SSSR count). The van der Waals surface area contributed by atoms with Gasteiger partial charge in [0.05, 0.1) is 24.9 Å². The molecule has 148 valence electrons. The highest BCUT2D eigenvalue weighted by molar-refractivity contribution is 5.90. The minimum atomic E-state index is -0.545. The summed E-state index contributed by atoms with van der Waals surface area (Å²) in [5, 5.41) is 0. The molecule has 2 aromatic rings. The Labute approximate surface area is 163 Å². The lowest BCUT2D eigenvalue weighted by atomic mass is 10.1. The van der Waals surface area contributed by atoms with Crippen LogP contribution in [-0.2, 0) is 9.47 Å². The van der Waals surface area contributed by atoms with E-state index in [9.17, 15) is 9.59 Å². The first kappa shape index (κ1) is 19.5. The number of H-pyrrole nitrogens is 1. The van der Waals surface area contributed by atoms with Crippen molar-refractivity contribution in [2.24, 2.45) is 0 Å². The number of anilines is 1. The fraction of sp³-hybridized carbons (Fsp3) is 0.350. The molecule has 1 aliphatic rings. The lowest BCUT2D eigenvalue weighted by molar-refractivity contribution is 0.0306. The van der Waals surface area contributed by atoms with Crippen LogP contribution in [0.15, 0.2) is 30.3 Å². The number of esters is 1. The maximum Gasteiger partial charge on any atom is 0.410 e. The molecule has 2 heterocycles. The second-order valence-corrected chi connectivity index (χ2v) is 7.50. The van der Waals surface area contributed by atoms with Crippen LogP contribution in [0.25, 0.3) is 17.0 Å². The summed E-state index contributed by atoms with van der Waals surface area (Å²) in [6, 6.07) is 6.87. The predicted octanol–water partition coefficient (Wildman–Crippen LogP) is 3.08. The van der Waals surface area contributed by atoms with E-state index in [-0.39, 0.29) is 6.09 Å². The van der Waals surface area contributed by atoms with Gasteiger partial charge in [-0.2, -0.15) is 0 Å². The number of methoxy groups -OCH3 is 1. The van der Waals surface area contributed by atoms with Gasteiger partial charge in [-0.1, -0.05) is 18.2 Å². The summed E-state index contributed by atoms with van der Waals surface area (Å²) >= 11 is 0. The number of imidazole rings is 1. The monoisotopic (exact) mass is 384 g/mol. The molecule has 28 heavy (non-hydrogen) atoms. The first-order valence-corrected chi connectivity index (χ1v) is 8.89. The number of aromatic amines is 1. The van der Waals surface area contributed by atoms with E-state index in [1.807, 2.05) is 26.8 Å². The second kappa shape index (κ2) is 7.38. The van der Waals surface area contributed by atoms with Crippen molar-refractivity contribution in [3.8, 4) is 11.4 Å².